The molecule has 5 N–H and O–H groups in total. The van der Waals surface area contributed by atoms with Gasteiger partial charge in [0.2, 0.25) is 5.91 Å². The number of aliphatic hydroxyl groups excluding tert-OH is 1. The van der Waals surface area contributed by atoms with Crippen LogP contribution >= 0.6 is 0 Å². The number of aromatic carboxylic acids is 1. The number of carboxylic acids is 1. The van der Waals surface area contributed by atoms with E-state index in [4.69, 9.17) is 9.84 Å². The molecule has 9 nitrogen and oxygen atoms in total. The second-order valence-corrected chi connectivity index (χ2v) is 10.2. The van der Waals surface area contributed by atoms with E-state index in [1.807, 2.05) is 6.08 Å². The van der Waals surface area contributed by atoms with Crippen LogP contribution in [-0.4, -0.2) is 56.4 Å². The second kappa shape index (κ2) is 7.04. The van der Waals surface area contributed by atoms with Crippen LogP contribution in [0.1, 0.15) is 49.4 Å². The Balaban J connectivity index is 1.39. The highest BCUT2D eigenvalue weighted by molar-refractivity contribution is 6.00. The van der Waals surface area contributed by atoms with Crippen LogP contribution in [0.4, 0.5) is 5.69 Å². The first-order valence-corrected chi connectivity index (χ1v) is 11.2. The molecular weight excluding hydrogens is 430 g/mol. The van der Waals surface area contributed by atoms with Gasteiger partial charge in [-0.15, -0.1) is 0 Å². The average Bonchev–Trinajstić information content (AvgIpc) is 3.12. The molecule has 1 spiro atoms. The molecule has 2 aliphatic heterocycles. The van der Waals surface area contributed by atoms with Crippen LogP contribution in [0.3, 0.4) is 0 Å². The van der Waals surface area contributed by atoms with Gasteiger partial charge in [0.1, 0.15) is 17.0 Å². The number of phenolic OH excluding ortho intramolecular Hbond substituents is 1. The molecule has 2 saturated carbocycles. The number of ether oxygens (including phenoxy) is 1. The number of carboxylic acid groups (broad SMARTS) is 1. The zero-order valence-electron chi connectivity index (χ0n) is 18.2. The third-order valence-corrected chi connectivity index (χ3v) is 8.48. The number of hydrogen-bond donors (Lipinski definition) is 5. The molecule has 0 radical (unpaired) electrons. The molecule has 1 aromatic rings. The summed E-state index contributed by atoms with van der Waals surface area (Å²) in [4.78, 5) is 37.1. The average molecular weight is 457 g/mol. The summed E-state index contributed by atoms with van der Waals surface area (Å²) in [6.07, 6.45) is 5.79. The molecule has 4 bridgehead atoms. The fraction of sp³-hybridized carbons (Fsp3) is 0.542. The fourth-order valence-electron chi connectivity index (χ4n) is 7.15. The van der Waals surface area contributed by atoms with Crippen LogP contribution < -0.4 is 5.32 Å². The summed E-state index contributed by atoms with van der Waals surface area (Å²) in [5.74, 6) is -3.30. The van der Waals surface area contributed by atoms with Crippen molar-refractivity contribution in [3.05, 3.63) is 29.8 Å². The van der Waals surface area contributed by atoms with Crippen molar-refractivity contribution in [3.8, 4) is 11.5 Å². The summed E-state index contributed by atoms with van der Waals surface area (Å²) in [5, 5.41) is 42.1. The number of nitrogens with one attached hydrogen (secondary N) is 1. The van der Waals surface area contributed by atoms with Crippen molar-refractivity contribution < 1.29 is 39.5 Å². The number of allylic oxidation sites excluding steroid dienone is 2. The first kappa shape index (κ1) is 21.9. The maximum atomic E-state index is 13.1. The van der Waals surface area contributed by atoms with Gasteiger partial charge in [-0.1, -0.05) is 6.08 Å². The summed E-state index contributed by atoms with van der Waals surface area (Å²) in [7, 11) is 0. The Labute approximate surface area is 190 Å². The Morgan fingerprint density at radius 1 is 1.27 bits per heavy atom. The number of amides is 1. The van der Waals surface area contributed by atoms with Gasteiger partial charge in [0.25, 0.3) is 0 Å². The molecule has 2 saturated heterocycles. The molecule has 6 atom stereocenters. The summed E-state index contributed by atoms with van der Waals surface area (Å²) < 4.78 is 6.36. The molecule has 6 rings (SSSR count). The van der Waals surface area contributed by atoms with E-state index < -0.39 is 46.6 Å². The van der Waals surface area contributed by atoms with Crippen molar-refractivity contribution in [1.29, 1.82) is 0 Å². The van der Waals surface area contributed by atoms with Crippen LogP contribution in [-0.2, 0) is 14.3 Å². The van der Waals surface area contributed by atoms with Gasteiger partial charge in [-0.25, -0.2) is 4.79 Å². The number of rotatable bonds is 6. The topological polar surface area (TPSA) is 153 Å². The van der Waals surface area contributed by atoms with Gasteiger partial charge in [-0.05, 0) is 62.1 Å². The van der Waals surface area contributed by atoms with Crippen molar-refractivity contribution in [3.63, 3.8) is 0 Å². The lowest BCUT2D eigenvalue weighted by atomic mass is 9.50. The van der Waals surface area contributed by atoms with Crippen LogP contribution in [0, 0.1) is 22.7 Å². The van der Waals surface area contributed by atoms with Crippen molar-refractivity contribution >= 4 is 23.3 Å². The highest BCUT2D eigenvalue weighted by atomic mass is 16.5. The molecule has 1 aromatic carbocycles. The first-order chi connectivity index (χ1) is 15.5. The molecular formula is C24H27NO8. The lowest BCUT2D eigenvalue weighted by Gasteiger charge is -2.55. The normalized spacial score (nSPS) is 37.9. The van der Waals surface area contributed by atoms with Crippen molar-refractivity contribution in [2.24, 2.45) is 22.7 Å². The van der Waals surface area contributed by atoms with Gasteiger partial charge in [0.05, 0.1) is 23.7 Å². The summed E-state index contributed by atoms with van der Waals surface area (Å²) in [6, 6.07) is 2.09. The smallest absolute Gasteiger partial charge is 0.339 e. The third-order valence-electron chi connectivity index (χ3n) is 8.48. The number of phenols is 2. The highest BCUT2D eigenvalue weighted by Crippen LogP contribution is 2.71. The Hall–Kier alpha value is -2.91. The largest absolute Gasteiger partial charge is 0.506 e. The molecule has 176 valence electrons. The highest BCUT2D eigenvalue weighted by Gasteiger charge is 2.72. The van der Waals surface area contributed by atoms with Crippen molar-refractivity contribution in [2.75, 3.05) is 11.9 Å². The number of aliphatic hydroxyl groups is 1. The standard InChI is InChI=1S/C24H27NO8/c1-22-10-23-6-4-16(28)24(11-26,20(23)15(33-22)8-12(22)9-23)7-5-17(29)25-18-14(27)3-2-13(19(18)30)21(31)32/h2-4,6,12,15,20,26-27,30H,5,7-11H2,1H3,(H,25,29)(H,31,32)/t12-,15+,20-,22+,23+,24+/m1/s1. The SMILES string of the molecule is C[C@]12C[C@@]34C=CC(=O)[C@@](CO)(CCC(=O)Nc5c(O)ccc(C(=O)O)c5O)[C@@H]3[C@H](C[C@@H]1C4)O2. The number of benzene rings is 1. The minimum atomic E-state index is -1.41. The number of carbonyl (C=O) groups excluding carboxylic acids is 2. The van der Waals surface area contributed by atoms with E-state index in [-0.39, 0.29) is 41.7 Å². The van der Waals surface area contributed by atoms with E-state index in [2.05, 4.69) is 12.2 Å². The predicted molar refractivity (Wildman–Crippen MR) is 115 cm³/mol. The number of anilines is 1. The van der Waals surface area contributed by atoms with Gasteiger partial charge in [-0.3, -0.25) is 9.59 Å². The third kappa shape index (κ3) is 2.95. The minimum Gasteiger partial charge on any atom is -0.506 e. The maximum absolute atomic E-state index is 13.1. The monoisotopic (exact) mass is 457 g/mol. The molecule has 5 aliphatic rings. The Kier molecular flexibility index (Phi) is 4.68. The van der Waals surface area contributed by atoms with Gasteiger partial charge in [0, 0.05) is 12.3 Å². The number of hydrogen-bond acceptors (Lipinski definition) is 7. The molecule has 1 amide bonds. The lowest BCUT2D eigenvalue weighted by Crippen LogP contribution is -2.59. The molecule has 0 aromatic heterocycles. The van der Waals surface area contributed by atoms with E-state index in [1.165, 1.54) is 0 Å². The van der Waals surface area contributed by atoms with E-state index >= 15 is 0 Å². The maximum Gasteiger partial charge on any atom is 0.339 e. The van der Waals surface area contributed by atoms with E-state index in [1.54, 1.807) is 6.08 Å². The zero-order chi connectivity index (χ0) is 23.8. The molecule has 2 heterocycles. The Bertz CT molecular complexity index is 1100. The summed E-state index contributed by atoms with van der Waals surface area (Å²) in [5.41, 5.74) is -2.49. The fourth-order valence-corrected chi connectivity index (χ4v) is 7.15. The summed E-state index contributed by atoms with van der Waals surface area (Å²) >= 11 is 0. The molecule has 4 fully saturated rings. The minimum absolute atomic E-state index is 0.0618. The molecule has 3 aliphatic carbocycles. The lowest BCUT2D eigenvalue weighted by molar-refractivity contribution is -0.178. The number of aromatic hydroxyl groups is 2. The van der Waals surface area contributed by atoms with E-state index in [0.29, 0.717) is 5.92 Å². The van der Waals surface area contributed by atoms with Crippen molar-refractivity contribution in [2.45, 2.75) is 50.7 Å². The van der Waals surface area contributed by atoms with E-state index in [9.17, 15) is 29.7 Å². The number of ketones is 1. The molecule has 0 unspecified atom stereocenters. The molecule has 33 heavy (non-hydrogen) atoms. The van der Waals surface area contributed by atoms with Gasteiger partial charge in [0.15, 0.2) is 11.5 Å². The van der Waals surface area contributed by atoms with E-state index in [0.717, 1.165) is 31.4 Å². The zero-order valence-corrected chi connectivity index (χ0v) is 18.2. The van der Waals surface area contributed by atoms with Crippen LogP contribution in [0.25, 0.3) is 0 Å². The van der Waals surface area contributed by atoms with Gasteiger partial charge < -0.3 is 30.5 Å². The Morgan fingerprint density at radius 2 is 2.03 bits per heavy atom. The van der Waals surface area contributed by atoms with Crippen molar-refractivity contribution in [1.82, 2.24) is 0 Å². The quantitative estimate of drug-likeness (QED) is 0.408. The molecule has 9 heteroatoms. The predicted octanol–water partition coefficient (Wildman–Crippen LogP) is 2.21. The van der Waals surface area contributed by atoms with Crippen LogP contribution in [0.2, 0.25) is 0 Å². The van der Waals surface area contributed by atoms with Crippen LogP contribution in [0.15, 0.2) is 24.3 Å². The summed E-state index contributed by atoms with van der Waals surface area (Å²) in [6.45, 7) is 1.70. The first-order valence-electron chi connectivity index (χ1n) is 11.2. The Morgan fingerprint density at radius 3 is 2.70 bits per heavy atom. The van der Waals surface area contributed by atoms with Crippen LogP contribution in [0.5, 0.6) is 11.5 Å². The second-order valence-electron chi connectivity index (χ2n) is 10.2. The number of carbonyl (C=O) groups is 3. The van der Waals surface area contributed by atoms with Gasteiger partial charge in [-0.2, -0.15) is 0 Å². The van der Waals surface area contributed by atoms with Gasteiger partial charge >= 0.3 is 5.97 Å².